The quantitative estimate of drug-likeness (QED) is 0.219. The Hall–Kier alpha value is -2.15. The number of carboxylic acids is 1. The predicted octanol–water partition coefficient (Wildman–Crippen LogP) is 0.668. The second-order valence-electron chi connectivity index (χ2n) is 4.21. The van der Waals surface area contributed by atoms with E-state index in [1.165, 1.54) is 0 Å². The lowest BCUT2D eigenvalue weighted by Gasteiger charge is -2.16. The van der Waals surface area contributed by atoms with Crippen molar-refractivity contribution in [2.45, 2.75) is 18.9 Å². The lowest BCUT2D eigenvalue weighted by Crippen LogP contribution is -2.41. The largest absolute Gasteiger partial charge is 0.480 e. The molecule has 1 atom stereocenters. The van der Waals surface area contributed by atoms with Crippen LogP contribution in [-0.4, -0.2) is 34.6 Å². The van der Waals surface area contributed by atoms with E-state index >= 15 is 0 Å². The fraction of sp³-hybridized carbons (Fsp3) is 0.308. The van der Waals surface area contributed by atoms with Crippen LogP contribution in [0.3, 0.4) is 0 Å². The fourth-order valence-corrected chi connectivity index (χ4v) is 1.90. The Labute approximate surface area is 122 Å². The number of thiocarbonyl (C=S) groups is 1. The van der Waals surface area contributed by atoms with Gasteiger partial charge in [0.2, 0.25) is 0 Å². The fourth-order valence-electron chi connectivity index (χ4n) is 1.62. The van der Waals surface area contributed by atoms with E-state index in [-0.39, 0.29) is 5.96 Å². The van der Waals surface area contributed by atoms with Crippen molar-refractivity contribution in [2.24, 2.45) is 5.73 Å². The number of hydrogen-bond acceptors (Lipinski definition) is 3. The Morgan fingerprint density at radius 2 is 2.05 bits per heavy atom. The average molecular weight is 294 g/mol. The molecule has 0 amide bonds. The Morgan fingerprint density at radius 1 is 1.40 bits per heavy atom. The van der Waals surface area contributed by atoms with Gasteiger partial charge in [0.05, 0.1) is 0 Å². The predicted molar refractivity (Wildman–Crippen MR) is 81.9 cm³/mol. The lowest BCUT2D eigenvalue weighted by molar-refractivity contribution is -0.139. The zero-order valence-corrected chi connectivity index (χ0v) is 11.7. The van der Waals surface area contributed by atoms with Gasteiger partial charge in [-0.1, -0.05) is 42.5 Å². The molecule has 0 fully saturated rings. The van der Waals surface area contributed by atoms with Gasteiger partial charge in [-0.25, -0.2) is 4.79 Å². The summed E-state index contributed by atoms with van der Waals surface area (Å²) in [6.07, 6.45) is 0.962. The minimum absolute atomic E-state index is 0.121. The van der Waals surface area contributed by atoms with E-state index in [2.05, 4.69) is 10.6 Å². The van der Waals surface area contributed by atoms with Gasteiger partial charge in [-0.3, -0.25) is 5.41 Å². The molecule has 0 aliphatic carbocycles. The first kappa shape index (κ1) is 15.9. The van der Waals surface area contributed by atoms with Crippen molar-refractivity contribution in [3.8, 4) is 0 Å². The van der Waals surface area contributed by atoms with Gasteiger partial charge in [-0.15, -0.1) is 0 Å². The van der Waals surface area contributed by atoms with Crippen molar-refractivity contribution in [2.75, 3.05) is 6.54 Å². The van der Waals surface area contributed by atoms with E-state index in [1.807, 2.05) is 30.3 Å². The smallest absolute Gasteiger partial charge is 0.326 e. The van der Waals surface area contributed by atoms with Crippen LogP contribution < -0.4 is 16.4 Å². The minimum Gasteiger partial charge on any atom is -0.480 e. The summed E-state index contributed by atoms with van der Waals surface area (Å²) < 4.78 is 0. The first-order valence-electron chi connectivity index (χ1n) is 6.17. The molecule has 0 saturated carbocycles. The summed E-state index contributed by atoms with van der Waals surface area (Å²) in [6.45, 7) is 0.457. The molecule has 1 aromatic carbocycles. The van der Waals surface area contributed by atoms with Gasteiger partial charge < -0.3 is 21.5 Å². The van der Waals surface area contributed by atoms with E-state index in [1.54, 1.807) is 0 Å². The molecule has 0 aliphatic rings. The molecule has 6 nitrogen and oxygen atoms in total. The average Bonchev–Trinajstić information content (AvgIpc) is 2.42. The van der Waals surface area contributed by atoms with Crippen LogP contribution >= 0.6 is 12.2 Å². The number of nitrogens with two attached hydrogens (primary N) is 1. The SMILES string of the molecule is N=C(N)NCCC[C@H](NC(=S)c1ccccc1)C(=O)O. The van der Waals surface area contributed by atoms with Crippen molar-refractivity contribution in [3.63, 3.8) is 0 Å². The summed E-state index contributed by atoms with van der Waals surface area (Å²) in [5, 5.41) is 21.6. The number of aliphatic carboxylic acids is 1. The van der Waals surface area contributed by atoms with Crippen molar-refractivity contribution >= 4 is 29.1 Å². The van der Waals surface area contributed by atoms with Crippen LogP contribution in [-0.2, 0) is 4.79 Å². The summed E-state index contributed by atoms with van der Waals surface area (Å²) in [5.41, 5.74) is 5.93. The third-order valence-electron chi connectivity index (χ3n) is 2.62. The summed E-state index contributed by atoms with van der Waals surface area (Å²) in [6, 6.07) is 8.45. The minimum atomic E-state index is -0.953. The zero-order chi connectivity index (χ0) is 15.0. The van der Waals surface area contributed by atoms with Gasteiger partial charge >= 0.3 is 5.97 Å². The molecule has 108 valence electrons. The van der Waals surface area contributed by atoms with Crippen molar-refractivity contribution < 1.29 is 9.90 Å². The van der Waals surface area contributed by atoms with Crippen molar-refractivity contribution in [3.05, 3.63) is 35.9 Å². The second-order valence-corrected chi connectivity index (χ2v) is 4.62. The molecule has 0 aliphatic heterocycles. The lowest BCUT2D eigenvalue weighted by atomic mass is 10.1. The van der Waals surface area contributed by atoms with Crippen LogP contribution in [0.4, 0.5) is 0 Å². The Bertz CT molecular complexity index is 479. The normalized spacial score (nSPS) is 11.4. The van der Waals surface area contributed by atoms with Gasteiger partial charge in [-0.05, 0) is 12.8 Å². The third-order valence-corrected chi connectivity index (χ3v) is 2.98. The third kappa shape index (κ3) is 5.66. The van der Waals surface area contributed by atoms with E-state index in [0.29, 0.717) is 24.4 Å². The highest BCUT2D eigenvalue weighted by atomic mass is 32.1. The van der Waals surface area contributed by atoms with Gasteiger partial charge in [0.25, 0.3) is 0 Å². The molecular formula is C13H18N4O2S. The van der Waals surface area contributed by atoms with Gasteiger partial charge in [0.1, 0.15) is 11.0 Å². The van der Waals surface area contributed by atoms with E-state index < -0.39 is 12.0 Å². The Kier molecular flexibility index (Phi) is 6.45. The first-order valence-corrected chi connectivity index (χ1v) is 6.58. The summed E-state index contributed by atoms with van der Waals surface area (Å²) in [4.78, 5) is 11.6. The van der Waals surface area contributed by atoms with Crippen molar-refractivity contribution in [1.29, 1.82) is 5.41 Å². The summed E-state index contributed by atoms with van der Waals surface area (Å²) >= 11 is 5.19. The van der Waals surface area contributed by atoms with Crippen molar-refractivity contribution in [1.82, 2.24) is 10.6 Å². The molecule has 0 unspecified atom stereocenters. The summed E-state index contributed by atoms with van der Waals surface area (Å²) in [7, 11) is 0. The number of guanidine groups is 1. The molecule has 7 heteroatoms. The Morgan fingerprint density at radius 3 is 2.60 bits per heavy atom. The van der Waals surface area contributed by atoms with Crippen LogP contribution in [0.25, 0.3) is 0 Å². The van der Waals surface area contributed by atoms with Gasteiger partial charge in [0.15, 0.2) is 5.96 Å². The molecule has 0 radical (unpaired) electrons. The highest BCUT2D eigenvalue weighted by Gasteiger charge is 2.18. The molecule has 0 bridgehead atoms. The molecule has 0 saturated heterocycles. The first-order chi connectivity index (χ1) is 9.50. The number of hydrogen-bond donors (Lipinski definition) is 5. The molecule has 0 heterocycles. The molecule has 1 rings (SSSR count). The number of carboxylic acid groups (broad SMARTS) is 1. The molecule has 0 aromatic heterocycles. The molecule has 20 heavy (non-hydrogen) atoms. The monoisotopic (exact) mass is 294 g/mol. The molecule has 1 aromatic rings. The maximum absolute atomic E-state index is 11.2. The van der Waals surface area contributed by atoms with E-state index in [4.69, 9.17) is 28.5 Å². The second kappa shape index (κ2) is 8.11. The van der Waals surface area contributed by atoms with Crippen LogP contribution in [0.2, 0.25) is 0 Å². The van der Waals surface area contributed by atoms with Crippen LogP contribution in [0, 0.1) is 5.41 Å². The highest BCUT2D eigenvalue weighted by molar-refractivity contribution is 7.80. The maximum atomic E-state index is 11.2. The van der Waals surface area contributed by atoms with E-state index in [9.17, 15) is 4.79 Å². The van der Waals surface area contributed by atoms with Crippen LogP contribution in [0.5, 0.6) is 0 Å². The molecule has 6 N–H and O–H groups in total. The number of rotatable bonds is 7. The molecular weight excluding hydrogens is 276 g/mol. The maximum Gasteiger partial charge on any atom is 0.326 e. The number of nitrogens with one attached hydrogen (secondary N) is 3. The zero-order valence-electron chi connectivity index (χ0n) is 10.9. The van der Waals surface area contributed by atoms with Gasteiger partial charge in [-0.2, -0.15) is 0 Å². The number of carbonyl (C=O) groups is 1. The van der Waals surface area contributed by atoms with Gasteiger partial charge in [0, 0.05) is 12.1 Å². The standard InChI is InChI=1S/C13H18N4O2S/c14-13(15)16-8-4-7-10(12(18)19)17-11(20)9-5-2-1-3-6-9/h1-3,5-6,10H,4,7-8H2,(H,17,20)(H,18,19)(H4,14,15,16)/t10-/m0/s1. The van der Waals surface area contributed by atoms with Crippen LogP contribution in [0.1, 0.15) is 18.4 Å². The van der Waals surface area contributed by atoms with Crippen LogP contribution in [0.15, 0.2) is 30.3 Å². The molecule has 0 spiro atoms. The van der Waals surface area contributed by atoms with E-state index in [0.717, 1.165) is 5.56 Å². The number of benzene rings is 1. The Balaban J connectivity index is 2.49. The summed E-state index contributed by atoms with van der Waals surface area (Å²) in [5.74, 6) is -1.07. The highest BCUT2D eigenvalue weighted by Crippen LogP contribution is 2.03. The topological polar surface area (TPSA) is 111 Å².